The maximum atomic E-state index is 13.1. The molecule has 3 aromatic rings. The molecule has 1 aromatic carbocycles. The van der Waals surface area contributed by atoms with Crippen molar-refractivity contribution in [3.8, 4) is 11.3 Å². The van der Waals surface area contributed by atoms with Crippen molar-refractivity contribution < 1.29 is 23.0 Å². The molecule has 0 N–H and O–H groups in total. The molecule has 11 heteroatoms. The Balaban J connectivity index is 1.08. The van der Waals surface area contributed by atoms with Gasteiger partial charge in [0.25, 0.3) is 5.91 Å². The maximum Gasteiger partial charge on any atom is 0.276 e. The fourth-order valence-electron chi connectivity index (χ4n) is 4.57. The number of nitrogens with zero attached hydrogens (tertiary/aromatic N) is 6. The monoisotopic (exact) mass is 496 g/mol. The first-order chi connectivity index (χ1) is 17.5. The van der Waals surface area contributed by atoms with Crippen LogP contribution < -0.4 is 0 Å². The number of rotatable bonds is 7. The Kier molecular flexibility index (Phi) is 7.36. The molecule has 0 unspecified atom stereocenters. The molecule has 2 aliphatic heterocycles. The predicted octanol–water partition coefficient (Wildman–Crippen LogP) is 2.77. The lowest BCUT2D eigenvalue weighted by Crippen LogP contribution is -2.48. The van der Waals surface area contributed by atoms with Crippen LogP contribution in [-0.2, 0) is 17.8 Å². The van der Waals surface area contributed by atoms with Gasteiger partial charge in [-0.25, -0.2) is 4.39 Å². The Morgan fingerprint density at radius 1 is 0.889 bits per heavy atom. The Bertz CT molecular complexity index is 1180. The number of carbonyl (C=O) groups excluding carboxylic acids is 2. The van der Waals surface area contributed by atoms with Gasteiger partial charge in [0, 0.05) is 63.7 Å². The van der Waals surface area contributed by atoms with Gasteiger partial charge < -0.3 is 18.8 Å². The Hall–Kier alpha value is -3.60. The summed E-state index contributed by atoms with van der Waals surface area (Å²) in [6.45, 7) is 4.59. The van der Waals surface area contributed by atoms with Gasteiger partial charge in [-0.3, -0.25) is 14.5 Å². The van der Waals surface area contributed by atoms with Gasteiger partial charge in [-0.1, -0.05) is 10.3 Å². The number of benzene rings is 1. The standard InChI is InChI=1S/C25H29FN6O4/c26-19-6-4-18(5-7-19)21-16-20(28-35-21)25(34)32-14-12-30(13-15-32)17-22-27-23(36-29-22)8-9-24(33)31-10-2-1-3-11-31/h4-7,16H,1-3,8-15,17H2. The number of piperidine rings is 1. The highest BCUT2D eigenvalue weighted by Crippen LogP contribution is 2.22. The summed E-state index contributed by atoms with van der Waals surface area (Å²) in [4.78, 5) is 35.5. The number of hydrogen-bond donors (Lipinski definition) is 0. The maximum absolute atomic E-state index is 13.1. The van der Waals surface area contributed by atoms with Gasteiger partial charge in [0.15, 0.2) is 17.3 Å². The number of hydrogen-bond acceptors (Lipinski definition) is 8. The van der Waals surface area contributed by atoms with Crippen molar-refractivity contribution in [2.75, 3.05) is 39.3 Å². The summed E-state index contributed by atoms with van der Waals surface area (Å²) in [7, 11) is 0. The first kappa shape index (κ1) is 24.1. The zero-order valence-electron chi connectivity index (χ0n) is 20.1. The van der Waals surface area contributed by atoms with Gasteiger partial charge in [-0.2, -0.15) is 4.98 Å². The van der Waals surface area contributed by atoms with Gasteiger partial charge in [0.05, 0.1) is 6.54 Å². The van der Waals surface area contributed by atoms with E-state index in [1.165, 1.54) is 18.6 Å². The summed E-state index contributed by atoms with van der Waals surface area (Å²) in [5.41, 5.74) is 0.882. The molecule has 0 bridgehead atoms. The van der Waals surface area contributed by atoms with Crippen LogP contribution in [0.3, 0.4) is 0 Å². The number of halogens is 1. The molecule has 0 spiro atoms. The first-order valence-electron chi connectivity index (χ1n) is 12.4. The minimum atomic E-state index is -0.340. The SMILES string of the molecule is O=C(CCc1nc(CN2CCN(C(=O)c3cc(-c4ccc(F)cc4)on3)CC2)no1)N1CCCCC1. The van der Waals surface area contributed by atoms with E-state index in [9.17, 15) is 14.0 Å². The molecule has 2 fully saturated rings. The van der Waals surface area contributed by atoms with E-state index in [1.54, 1.807) is 23.1 Å². The molecule has 2 aliphatic rings. The van der Waals surface area contributed by atoms with Crippen LogP contribution in [0.25, 0.3) is 11.3 Å². The Labute approximate surface area is 208 Å². The van der Waals surface area contributed by atoms with E-state index in [-0.39, 0.29) is 23.3 Å². The third kappa shape index (κ3) is 5.78. The van der Waals surface area contributed by atoms with E-state index in [2.05, 4.69) is 20.2 Å². The quantitative estimate of drug-likeness (QED) is 0.491. The van der Waals surface area contributed by atoms with Gasteiger partial charge in [0.2, 0.25) is 11.8 Å². The first-order valence-corrected chi connectivity index (χ1v) is 12.4. The van der Waals surface area contributed by atoms with Crippen LogP contribution in [0.15, 0.2) is 39.4 Å². The smallest absolute Gasteiger partial charge is 0.276 e. The molecule has 10 nitrogen and oxygen atoms in total. The van der Waals surface area contributed by atoms with Gasteiger partial charge in [0.1, 0.15) is 5.82 Å². The summed E-state index contributed by atoms with van der Waals surface area (Å²) in [6, 6.07) is 7.41. The highest BCUT2D eigenvalue weighted by atomic mass is 19.1. The lowest BCUT2D eigenvalue weighted by Gasteiger charge is -2.33. The average Bonchev–Trinajstić information content (AvgIpc) is 3.58. The molecule has 2 amide bonds. The fourth-order valence-corrected chi connectivity index (χ4v) is 4.57. The highest BCUT2D eigenvalue weighted by Gasteiger charge is 2.26. The molecule has 0 saturated carbocycles. The predicted molar refractivity (Wildman–Crippen MR) is 126 cm³/mol. The molecular weight excluding hydrogens is 467 g/mol. The zero-order valence-corrected chi connectivity index (χ0v) is 20.1. The molecule has 0 aliphatic carbocycles. The van der Waals surface area contributed by atoms with Gasteiger partial charge >= 0.3 is 0 Å². The third-order valence-corrected chi connectivity index (χ3v) is 6.65. The molecule has 5 rings (SSSR count). The summed E-state index contributed by atoms with van der Waals surface area (Å²) in [5.74, 6) is 1.08. The lowest BCUT2D eigenvalue weighted by molar-refractivity contribution is -0.132. The fraction of sp³-hybridized carbons (Fsp3) is 0.480. The molecule has 2 aromatic heterocycles. The van der Waals surface area contributed by atoms with Crippen LogP contribution in [0.1, 0.15) is 47.9 Å². The van der Waals surface area contributed by atoms with Crippen molar-refractivity contribution in [1.29, 1.82) is 0 Å². The number of aromatic nitrogens is 3. The second-order valence-electron chi connectivity index (χ2n) is 9.20. The summed E-state index contributed by atoms with van der Waals surface area (Å²) < 4.78 is 23.8. The Morgan fingerprint density at radius 3 is 2.39 bits per heavy atom. The Morgan fingerprint density at radius 2 is 1.64 bits per heavy atom. The molecular formula is C25H29FN6O4. The molecule has 36 heavy (non-hydrogen) atoms. The largest absolute Gasteiger partial charge is 0.355 e. The molecule has 4 heterocycles. The third-order valence-electron chi connectivity index (χ3n) is 6.65. The minimum absolute atomic E-state index is 0.145. The normalized spacial score (nSPS) is 16.9. The van der Waals surface area contributed by atoms with Crippen LogP contribution in [0.2, 0.25) is 0 Å². The number of carbonyl (C=O) groups is 2. The van der Waals surface area contributed by atoms with E-state index in [1.807, 2.05) is 4.90 Å². The zero-order chi connectivity index (χ0) is 24.9. The van der Waals surface area contributed by atoms with E-state index in [4.69, 9.17) is 9.05 Å². The van der Waals surface area contributed by atoms with Crippen LogP contribution in [0, 0.1) is 5.82 Å². The van der Waals surface area contributed by atoms with Crippen molar-refractivity contribution in [1.82, 2.24) is 30.0 Å². The van der Waals surface area contributed by atoms with E-state index >= 15 is 0 Å². The van der Waals surface area contributed by atoms with Crippen molar-refractivity contribution in [2.45, 2.75) is 38.6 Å². The number of amides is 2. The van der Waals surface area contributed by atoms with E-state index in [0.29, 0.717) is 68.6 Å². The van der Waals surface area contributed by atoms with Crippen molar-refractivity contribution in [3.05, 3.63) is 53.6 Å². The van der Waals surface area contributed by atoms with E-state index in [0.717, 1.165) is 25.9 Å². The van der Waals surface area contributed by atoms with Crippen LogP contribution in [0.5, 0.6) is 0 Å². The summed E-state index contributed by atoms with van der Waals surface area (Å²) in [6.07, 6.45) is 4.17. The second-order valence-corrected chi connectivity index (χ2v) is 9.20. The lowest BCUT2D eigenvalue weighted by atomic mass is 10.1. The minimum Gasteiger partial charge on any atom is -0.355 e. The number of piperazine rings is 1. The van der Waals surface area contributed by atoms with Crippen molar-refractivity contribution >= 4 is 11.8 Å². The molecule has 2 saturated heterocycles. The number of aryl methyl sites for hydroxylation is 1. The number of likely N-dealkylation sites (tertiary alicyclic amines) is 1. The summed E-state index contributed by atoms with van der Waals surface area (Å²) in [5, 5.41) is 7.97. The van der Waals surface area contributed by atoms with Crippen molar-refractivity contribution in [3.63, 3.8) is 0 Å². The summed E-state index contributed by atoms with van der Waals surface area (Å²) >= 11 is 0. The van der Waals surface area contributed by atoms with Crippen molar-refractivity contribution in [2.24, 2.45) is 0 Å². The molecule has 0 atom stereocenters. The van der Waals surface area contributed by atoms with Crippen LogP contribution in [0.4, 0.5) is 4.39 Å². The molecule has 0 radical (unpaired) electrons. The van der Waals surface area contributed by atoms with Gasteiger partial charge in [-0.15, -0.1) is 0 Å². The second kappa shape index (κ2) is 11.0. The van der Waals surface area contributed by atoms with Gasteiger partial charge in [-0.05, 0) is 43.5 Å². The highest BCUT2D eigenvalue weighted by molar-refractivity contribution is 5.93. The topological polar surface area (TPSA) is 109 Å². The van der Waals surface area contributed by atoms with Crippen LogP contribution in [-0.4, -0.2) is 81.1 Å². The van der Waals surface area contributed by atoms with Crippen LogP contribution >= 0.6 is 0 Å². The average molecular weight is 497 g/mol. The van der Waals surface area contributed by atoms with E-state index < -0.39 is 0 Å². The molecule has 190 valence electrons.